The monoisotopic (exact) mass is 552 g/mol. The normalized spacial score (nSPS) is 22.7. The summed E-state index contributed by atoms with van der Waals surface area (Å²) in [6.07, 6.45) is 2.34. The fourth-order valence-electron chi connectivity index (χ4n) is 6.25. The zero-order valence-electron chi connectivity index (χ0n) is 22.1. The number of carbonyl (C=O) groups is 3. The molecule has 2 fully saturated rings. The van der Waals surface area contributed by atoms with Gasteiger partial charge >= 0.3 is 0 Å². The van der Waals surface area contributed by atoms with Gasteiger partial charge in [-0.2, -0.15) is 0 Å². The van der Waals surface area contributed by atoms with Gasteiger partial charge in [-0.05, 0) is 67.7 Å². The van der Waals surface area contributed by atoms with Gasteiger partial charge in [-0.25, -0.2) is 12.7 Å². The number of hydrogen-bond donors (Lipinski definition) is 1. The number of amides is 3. The van der Waals surface area contributed by atoms with Gasteiger partial charge in [0.05, 0.1) is 11.5 Å². The minimum atomic E-state index is -3.48. The summed E-state index contributed by atoms with van der Waals surface area (Å²) in [5.74, 6) is -0.167. The first-order chi connectivity index (χ1) is 18.6. The first-order valence-electron chi connectivity index (χ1n) is 13.3. The molecule has 0 bridgehead atoms. The average Bonchev–Trinajstić information content (AvgIpc) is 3.41. The summed E-state index contributed by atoms with van der Waals surface area (Å²) in [5, 5.41) is 2.35. The molecule has 0 radical (unpaired) electrons. The second-order valence-corrected chi connectivity index (χ2v) is 13.3. The molecule has 206 valence electrons. The molecule has 4 aliphatic rings. The van der Waals surface area contributed by atoms with Crippen molar-refractivity contribution in [2.75, 3.05) is 33.8 Å². The molecule has 10 nitrogen and oxygen atoms in total. The lowest BCUT2D eigenvalue weighted by Gasteiger charge is -2.38. The molecule has 6 rings (SSSR count). The average molecular weight is 553 g/mol. The Bertz CT molecular complexity index is 1480. The predicted molar refractivity (Wildman–Crippen MR) is 141 cm³/mol. The Balaban J connectivity index is 1.16. The lowest BCUT2D eigenvalue weighted by Crippen LogP contribution is -2.52. The molecular weight excluding hydrogens is 520 g/mol. The smallest absolute Gasteiger partial charge is 0.255 e. The highest BCUT2D eigenvalue weighted by Gasteiger charge is 2.46. The highest BCUT2D eigenvalue weighted by Crippen LogP contribution is 2.48. The molecule has 1 N–H and O–H groups in total. The number of ether oxygens (including phenoxy) is 1. The molecule has 2 aromatic carbocycles. The molecule has 2 aromatic rings. The number of sulfonamides is 1. The number of nitrogens with one attached hydrogen (secondary N) is 1. The second-order valence-electron chi connectivity index (χ2n) is 11.2. The number of benzene rings is 2. The van der Waals surface area contributed by atoms with Crippen LogP contribution in [0.5, 0.6) is 5.75 Å². The highest BCUT2D eigenvalue weighted by molar-refractivity contribution is 7.89. The van der Waals surface area contributed by atoms with E-state index in [0.717, 1.165) is 48.4 Å². The molecule has 4 heterocycles. The van der Waals surface area contributed by atoms with Crippen molar-refractivity contribution in [2.24, 2.45) is 0 Å². The summed E-state index contributed by atoms with van der Waals surface area (Å²) < 4.78 is 32.4. The quantitative estimate of drug-likeness (QED) is 0.561. The van der Waals surface area contributed by atoms with Gasteiger partial charge in [-0.3, -0.25) is 24.6 Å². The minimum absolute atomic E-state index is 0.137. The van der Waals surface area contributed by atoms with E-state index >= 15 is 0 Å². The molecule has 3 amide bonds. The van der Waals surface area contributed by atoms with E-state index in [-0.39, 0.29) is 23.7 Å². The number of imide groups is 1. The number of nitrogens with zero attached hydrogens (tertiary/aromatic N) is 3. The lowest BCUT2D eigenvalue weighted by molar-refractivity contribution is -0.136. The van der Waals surface area contributed by atoms with Crippen LogP contribution in [0.4, 0.5) is 0 Å². The van der Waals surface area contributed by atoms with Crippen LogP contribution in [-0.4, -0.2) is 80.1 Å². The third-order valence-corrected chi connectivity index (χ3v) is 10.4. The Labute approximate surface area is 227 Å². The van der Waals surface area contributed by atoms with Crippen LogP contribution in [0.3, 0.4) is 0 Å². The first-order valence-corrected chi connectivity index (χ1v) is 14.7. The Morgan fingerprint density at radius 1 is 1.10 bits per heavy atom. The molecule has 1 atom stereocenters. The number of fused-ring (bicyclic) bond motifs is 3. The SMILES string of the molecule is CN(C)S(=O)(=O)c1cccc(CN2CCC3(CC2)COc2cc4c(cc23)CN(C2CCC(=O)NC2=O)C4=O)c1. The summed E-state index contributed by atoms with van der Waals surface area (Å²) in [6.45, 7) is 3.26. The van der Waals surface area contributed by atoms with Gasteiger partial charge in [-0.1, -0.05) is 12.1 Å². The fourth-order valence-corrected chi connectivity index (χ4v) is 7.22. The summed E-state index contributed by atoms with van der Waals surface area (Å²) >= 11 is 0. The Morgan fingerprint density at radius 2 is 1.87 bits per heavy atom. The van der Waals surface area contributed by atoms with Crippen LogP contribution in [0.2, 0.25) is 0 Å². The van der Waals surface area contributed by atoms with Gasteiger partial charge in [0.1, 0.15) is 11.8 Å². The molecule has 1 unspecified atom stereocenters. The van der Waals surface area contributed by atoms with E-state index in [1.807, 2.05) is 12.1 Å². The van der Waals surface area contributed by atoms with E-state index in [2.05, 4.69) is 16.3 Å². The standard InChI is InChI=1S/C28H32N4O6S/c1-30(2)39(36,37)20-5-3-4-18(12-20)15-31-10-8-28(9-11-31)17-38-24-14-21-19(13-22(24)28)16-32(27(21)35)23-6-7-25(33)29-26(23)34/h3-5,12-14,23H,6-11,15-17H2,1-2H3,(H,29,33,34). The van der Waals surface area contributed by atoms with E-state index < -0.39 is 22.0 Å². The van der Waals surface area contributed by atoms with Crippen molar-refractivity contribution in [2.45, 2.75) is 55.1 Å². The van der Waals surface area contributed by atoms with Crippen molar-refractivity contribution >= 4 is 27.7 Å². The maximum absolute atomic E-state index is 13.2. The molecule has 4 aliphatic heterocycles. The summed E-state index contributed by atoms with van der Waals surface area (Å²) in [7, 11) is -0.418. The van der Waals surface area contributed by atoms with Crippen LogP contribution < -0.4 is 10.1 Å². The number of piperidine rings is 2. The van der Waals surface area contributed by atoms with Crippen LogP contribution in [0, 0.1) is 0 Å². The van der Waals surface area contributed by atoms with Crippen molar-refractivity contribution in [1.29, 1.82) is 0 Å². The lowest BCUT2D eigenvalue weighted by atomic mass is 9.74. The molecular formula is C28H32N4O6S. The van der Waals surface area contributed by atoms with Gasteiger partial charge in [0.15, 0.2) is 0 Å². The number of carbonyl (C=O) groups excluding carboxylic acids is 3. The van der Waals surface area contributed by atoms with Gasteiger partial charge in [0.25, 0.3) is 5.91 Å². The van der Waals surface area contributed by atoms with Crippen LogP contribution >= 0.6 is 0 Å². The van der Waals surface area contributed by atoms with Gasteiger partial charge in [0, 0.05) is 50.1 Å². The topological polar surface area (TPSA) is 116 Å². The number of rotatable bonds is 5. The van der Waals surface area contributed by atoms with Crippen LogP contribution in [-0.2, 0) is 38.1 Å². The Hall–Kier alpha value is -3.28. The highest BCUT2D eigenvalue weighted by atomic mass is 32.2. The summed E-state index contributed by atoms with van der Waals surface area (Å²) in [5.41, 5.74) is 3.41. The zero-order valence-corrected chi connectivity index (χ0v) is 22.9. The summed E-state index contributed by atoms with van der Waals surface area (Å²) in [6, 6.07) is 10.4. The van der Waals surface area contributed by atoms with Crippen molar-refractivity contribution in [3.05, 3.63) is 58.7 Å². The summed E-state index contributed by atoms with van der Waals surface area (Å²) in [4.78, 5) is 41.4. The molecule has 0 aliphatic carbocycles. The van der Waals surface area contributed by atoms with Gasteiger partial charge < -0.3 is 9.64 Å². The third kappa shape index (κ3) is 4.42. The van der Waals surface area contributed by atoms with E-state index in [0.29, 0.717) is 36.6 Å². The van der Waals surface area contributed by atoms with E-state index in [1.54, 1.807) is 23.1 Å². The molecule has 11 heteroatoms. The largest absolute Gasteiger partial charge is 0.492 e. The van der Waals surface area contributed by atoms with Crippen LogP contribution in [0.1, 0.15) is 52.7 Å². The van der Waals surface area contributed by atoms with Crippen LogP contribution in [0.15, 0.2) is 41.3 Å². The first kappa shape index (κ1) is 26.0. The van der Waals surface area contributed by atoms with Crippen molar-refractivity contribution in [3.8, 4) is 5.75 Å². The zero-order chi connectivity index (χ0) is 27.5. The maximum Gasteiger partial charge on any atom is 0.255 e. The van der Waals surface area contributed by atoms with Gasteiger partial charge in [0.2, 0.25) is 21.8 Å². The predicted octanol–water partition coefficient (Wildman–Crippen LogP) is 1.62. The fraction of sp³-hybridized carbons (Fsp3) is 0.464. The van der Waals surface area contributed by atoms with Crippen molar-refractivity contribution in [3.63, 3.8) is 0 Å². The van der Waals surface area contributed by atoms with E-state index in [9.17, 15) is 22.8 Å². The molecule has 2 saturated heterocycles. The molecule has 0 aromatic heterocycles. The van der Waals surface area contributed by atoms with E-state index in [1.165, 1.54) is 18.4 Å². The third-order valence-electron chi connectivity index (χ3n) is 8.60. The Morgan fingerprint density at radius 3 is 2.59 bits per heavy atom. The number of likely N-dealkylation sites (tertiary alicyclic amines) is 1. The molecule has 39 heavy (non-hydrogen) atoms. The van der Waals surface area contributed by atoms with Gasteiger partial charge in [-0.15, -0.1) is 0 Å². The molecule has 0 saturated carbocycles. The maximum atomic E-state index is 13.2. The number of hydrogen-bond acceptors (Lipinski definition) is 7. The second kappa shape index (κ2) is 9.42. The molecule has 1 spiro atoms. The Kier molecular flexibility index (Phi) is 6.28. The van der Waals surface area contributed by atoms with E-state index in [4.69, 9.17) is 4.74 Å². The minimum Gasteiger partial charge on any atom is -0.492 e. The van der Waals surface area contributed by atoms with Crippen molar-refractivity contribution in [1.82, 2.24) is 19.4 Å². The van der Waals surface area contributed by atoms with Crippen molar-refractivity contribution < 1.29 is 27.5 Å². The van der Waals surface area contributed by atoms with Crippen LogP contribution in [0.25, 0.3) is 0 Å².